The Balaban J connectivity index is 1.49. The summed E-state index contributed by atoms with van der Waals surface area (Å²) in [7, 11) is -3.56. The number of benzene rings is 1. The van der Waals surface area contributed by atoms with E-state index in [1.807, 2.05) is 0 Å². The number of carbonyl (C=O) groups is 2. The molecule has 2 fully saturated rings. The van der Waals surface area contributed by atoms with Gasteiger partial charge >= 0.3 is 0 Å². The molecule has 1 heterocycles. The number of nitrogens with zero attached hydrogens (tertiary/aromatic N) is 1. The van der Waals surface area contributed by atoms with E-state index >= 15 is 0 Å². The second kappa shape index (κ2) is 11.6. The fourth-order valence-electron chi connectivity index (χ4n) is 4.20. The lowest BCUT2D eigenvalue weighted by Crippen LogP contribution is -2.48. The maximum Gasteiger partial charge on any atom is 0.243 e. The lowest BCUT2D eigenvalue weighted by atomic mass is 9.86. The molecule has 1 aliphatic heterocycles. The van der Waals surface area contributed by atoms with Gasteiger partial charge in [-0.2, -0.15) is 4.31 Å². The first kappa shape index (κ1) is 24.5. The lowest BCUT2D eigenvalue weighted by molar-refractivity contribution is -0.127. The van der Waals surface area contributed by atoms with Gasteiger partial charge in [-0.25, -0.2) is 8.42 Å². The average Bonchev–Trinajstić information content (AvgIpc) is 2.81. The Kier molecular flexibility index (Phi) is 8.89. The van der Waals surface area contributed by atoms with E-state index < -0.39 is 22.0 Å². The topological polar surface area (TPSA) is 131 Å². The molecule has 1 aromatic rings. The minimum absolute atomic E-state index is 0.125. The van der Waals surface area contributed by atoms with Crippen LogP contribution in [0.2, 0.25) is 0 Å². The second-order valence-electron chi connectivity index (χ2n) is 8.49. The Morgan fingerprint density at radius 1 is 1.09 bits per heavy atom. The molecule has 0 bridgehead atoms. The van der Waals surface area contributed by atoms with Crippen molar-refractivity contribution < 1.29 is 22.7 Å². The van der Waals surface area contributed by atoms with Crippen molar-refractivity contribution >= 4 is 27.5 Å². The van der Waals surface area contributed by atoms with Crippen LogP contribution in [0.1, 0.15) is 44.9 Å². The predicted molar refractivity (Wildman–Crippen MR) is 121 cm³/mol. The summed E-state index contributed by atoms with van der Waals surface area (Å²) in [6.07, 6.45) is 7.31. The number of ether oxygens (including phenoxy) is 1. The molecule has 0 radical (unpaired) electrons. The zero-order valence-electron chi connectivity index (χ0n) is 18.4. The highest BCUT2D eigenvalue weighted by atomic mass is 32.2. The van der Waals surface area contributed by atoms with Crippen LogP contribution in [-0.4, -0.2) is 63.4 Å². The molecule has 4 N–H and O–H groups in total. The Hall–Kier alpha value is -2.17. The minimum atomic E-state index is -3.56. The summed E-state index contributed by atoms with van der Waals surface area (Å²) in [5.74, 6) is -0.199. The molecular weight excluding hydrogens is 432 g/mol. The third-order valence-electron chi connectivity index (χ3n) is 6.16. The van der Waals surface area contributed by atoms with Crippen LogP contribution in [0.25, 0.3) is 0 Å². The summed E-state index contributed by atoms with van der Waals surface area (Å²) in [4.78, 5) is 24.3. The number of hydrogen-bond donors (Lipinski definition) is 3. The van der Waals surface area contributed by atoms with Crippen molar-refractivity contribution in [2.75, 3.05) is 38.2 Å². The maximum absolute atomic E-state index is 12.7. The van der Waals surface area contributed by atoms with Crippen molar-refractivity contribution in [3.05, 3.63) is 24.3 Å². The minimum Gasteiger partial charge on any atom is -0.382 e. The molecule has 178 valence electrons. The molecule has 0 unspecified atom stereocenters. The third-order valence-corrected chi connectivity index (χ3v) is 8.07. The van der Waals surface area contributed by atoms with Gasteiger partial charge in [-0.3, -0.25) is 9.59 Å². The Morgan fingerprint density at radius 2 is 1.75 bits per heavy atom. The standard InChI is InChI=1S/C22H34N4O5S/c23-22(28)20(25-21(27)11-6-17-4-2-1-3-5-17)16-24-18-7-9-19(10-8-18)32(29,30)26-12-14-31-15-13-26/h7-10,17,20,24H,1-6,11-16H2,(H2,23,28)(H,25,27)/t20-/m0/s1. The SMILES string of the molecule is NC(=O)[C@H](CNc1ccc(S(=O)(=O)N2CCOCC2)cc1)NC(=O)CCC1CCCCC1. The Bertz CT molecular complexity index is 863. The van der Waals surface area contributed by atoms with Crippen LogP contribution in [-0.2, 0) is 24.3 Å². The summed E-state index contributed by atoms with van der Waals surface area (Å²) in [5.41, 5.74) is 6.10. The van der Waals surface area contributed by atoms with Crippen LogP contribution in [0.5, 0.6) is 0 Å². The van der Waals surface area contributed by atoms with E-state index in [-0.39, 0.29) is 17.3 Å². The van der Waals surface area contributed by atoms with Crippen molar-refractivity contribution in [2.45, 2.75) is 55.9 Å². The second-order valence-corrected chi connectivity index (χ2v) is 10.4. The molecule has 32 heavy (non-hydrogen) atoms. The van der Waals surface area contributed by atoms with Gasteiger partial charge in [-0.15, -0.1) is 0 Å². The summed E-state index contributed by atoms with van der Waals surface area (Å²) < 4.78 is 32.0. The number of carbonyl (C=O) groups excluding carboxylic acids is 2. The van der Waals surface area contributed by atoms with Crippen LogP contribution < -0.4 is 16.4 Å². The molecule has 1 aliphatic carbocycles. The van der Waals surface area contributed by atoms with Crippen LogP contribution >= 0.6 is 0 Å². The highest BCUT2D eigenvalue weighted by Gasteiger charge is 2.26. The van der Waals surface area contributed by atoms with E-state index in [0.717, 1.165) is 6.42 Å². The molecule has 2 amide bonds. The molecule has 0 spiro atoms. The number of rotatable bonds is 10. The average molecular weight is 467 g/mol. The number of amides is 2. The van der Waals surface area contributed by atoms with Gasteiger partial charge in [-0.1, -0.05) is 32.1 Å². The van der Waals surface area contributed by atoms with Gasteiger partial charge < -0.3 is 21.1 Å². The van der Waals surface area contributed by atoms with Crippen molar-refractivity contribution in [3.8, 4) is 0 Å². The summed E-state index contributed by atoms with van der Waals surface area (Å²) >= 11 is 0. The number of primary amides is 1. The zero-order chi connectivity index (χ0) is 23.0. The van der Waals surface area contributed by atoms with Crippen molar-refractivity contribution in [3.63, 3.8) is 0 Å². The highest BCUT2D eigenvalue weighted by molar-refractivity contribution is 7.89. The van der Waals surface area contributed by atoms with Crippen LogP contribution in [0.15, 0.2) is 29.2 Å². The molecular formula is C22H34N4O5S. The zero-order valence-corrected chi connectivity index (χ0v) is 19.2. The molecule has 1 saturated heterocycles. The molecule has 2 aliphatic rings. The Labute approximate surface area is 190 Å². The molecule has 9 nitrogen and oxygen atoms in total. The van der Waals surface area contributed by atoms with E-state index in [2.05, 4.69) is 10.6 Å². The predicted octanol–water partition coefficient (Wildman–Crippen LogP) is 1.45. The smallest absolute Gasteiger partial charge is 0.243 e. The monoisotopic (exact) mass is 466 g/mol. The van der Waals surface area contributed by atoms with Crippen LogP contribution in [0.4, 0.5) is 5.69 Å². The van der Waals surface area contributed by atoms with Gasteiger partial charge in [0.15, 0.2) is 0 Å². The number of hydrogen-bond acceptors (Lipinski definition) is 6. The summed E-state index contributed by atoms with van der Waals surface area (Å²) in [5, 5.41) is 5.77. The molecule has 10 heteroatoms. The number of anilines is 1. The van der Waals surface area contributed by atoms with Gasteiger partial charge in [0.2, 0.25) is 21.8 Å². The van der Waals surface area contributed by atoms with E-state index in [1.54, 1.807) is 12.1 Å². The first-order chi connectivity index (χ1) is 15.4. The van der Waals surface area contributed by atoms with Crippen molar-refractivity contribution in [2.24, 2.45) is 11.7 Å². The molecule has 1 aromatic carbocycles. The summed E-state index contributed by atoms with van der Waals surface area (Å²) in [6, 6.07) is 5.47. The number of morpholine rings is 1. The molecule has 1 atom stereocenters. The van der Waals surface area contributed by atoms with Gasteiger partial charge in [0, 0.05) is 31.7 Å². The van der Waals surface area contributed by atoms with Gasteiger partial charge in [0.05, 0.1) is 18.1 Å². The van der Waals surface area contributed by atoms with Crippen molar-refractivity contribution in [1.29, 1.82) is 0 Å². The third kappa shape index (κ3) is 6.91. The largest absolute Gasteiger partial charge is 0.382 e. The fourth-order valence-corrected chi connectivity index (χ4v) is 5.61. The Morgan fingerprint density at radius 3 is 2.38 bits per heavy atom. The summed E-state index contributed by atoms with van der Waals surface area (Å²) in [6.45, 7) is 1.58. The normalized spacial score (nSPS) is 19.2. The fraction of sp³-hybridized carbons (Fsp3) is 0.636. The first-order valence-electron chi connectivity index (χ1n) is 11.4. The van der Waals surface area contributed by atoms with Gasteiger partial charge in [0.25, 0.3) is 0 Å². The van der Waals surface area contributed by atoms with Gasteiger partial charge in [0.1, 0.15) is 6.04 Å². The van der Waals surface area contributed by atoms with Crippen LogP contribution in [0.3, 0.4) is 0 Å². The number of sulfonamides is 1. The number of nitrogens with one attached hydrogen (secondary N) is 2. The van der Waals surface area contributed by atoms with E-state index in [4.69, 9.17) is 10.5 Å². The highest BCUT2D eigenvalue weighted by Crippen LogP contribution is 2.27. The number of nitrogens with two attached hydrogens (primary N) is 1. The maximum atomic E-state index is 12.7. The molecule has 0 aromatic heterocycles. The lowest BCUT2D eigenvalue weighted by Gasteiger charge is -2.26. The van der Waals surface area contributed by atoms with E-state index in [9.17, 15) is 18.0 Å². The molecule has 1 saturated carbocycles. The quantitative estimate of drug-likeness (QED) is 0.478. The van der Waals surface area contributed by atoms with E-state index in [1.165, 1.54) is 48.5 Å². The first-order valence-corrected chi connectivity index (χ1v) is 12.8. The van der Waals surface area contributed by atoms with Gasteiger partial charge in [-0.05, 0) is 36.6 Å². The molecule has 3 rings (SSSR count). The van der Waals surface area contributed by atoms with E-state index in [0.29, 0.717) is 44.3 Å². The van der Waals surface area contributed by atoms with Crippen LogP contribution in [0, 0.1) is 5.92 Å². The van der Waals surface area contributed by atoms with Crippen molar-refractivity contribution in [1.82, 2.24) is 9.62 Å².